The molecule has 0 unspecified atom stereocenters. The van der Waals surface area contributed by atoms with E-state index in [1.807, 2.05) is 4.90 Å². The first kappa shape index (κ1) is 16.2. The molecule has 2 heterocycles. The van der Waals surface area contributed by atoms with Gasteiger partial charge in [-0.25, -0.2) is 4.39 Å². The van der Waals surface area contributed by atoms with Gasteiger partial charge in [0.2, 0.25) is 5.91 Å². The molecule has 6 heteroatoms. The molecule has 23 heavy (non-hydrogen) atoms. The Kier molecular flexibility index (Phi) is 5.13. The molecule has 2 saturated heterocycles. The third-order valence-corrected chi connectivity index (χ3v) is 4.74. The second-order valence-electron chi connectivity index (χ2n) is 6.35. The van der Waals surface area contributed by atoms with Crippen LogP contribution in [-0.4, -0.2) is 72.7 Å². The van der Waals surface area contributed by atoms with Gasteiger partial charge in [-0.1, -0.05) is 0 Å². The highest BCUT2D eigenvalue weighted by atomic mass is 19.1. The van der Waals surface area contributed by atoms with Crippen LogP contribution >= 0.6 is 0 Å². The average molecular weight is 321 g/mol. The quantitative estimate of drug-likeness (QED) is 0.900. The van der Waals surface area contributed by atoms with Crippen LogP contribution in [0.2, 0.25) is 0 Å². The molecule has 1 aromatic rings. The van der Waals surface area contributed by atoms with E-state index < -0.39 is 0 Å². The molecule has 0 spiro atoms. The molecule has 0 radical (unpaired) electrons. The third kappa shape index (κ3) is 4.20. The zero-order chi connectivity index (χ0) is 16.2. The number of likely N-dealkylation sites (tertiary alicyclic amines) is 1. The van der Waals surface area contributed by atoms with Gasteiger partial charge < -0.3 is 14.9 Å². The van der Waals surface area contributed by atoms with Gasteiger partial charge in [0.05, 0.1) is 12.6 Å². The second kappa shape index (κ2) is 7.27. The Hall–Kier alpha value is -1.66. The predicted octanol–water partition coefficient (Wildman–Crippen LogP) is 0.931. The molecule has 3 rings (SSSR count). The molecule has 1 amide bonds. The summed E-state index contributed by atoms with van der Waals surface area (Å²) in [5.41, 5.74) is 1.00. The monoisotopic (exact) mass is 321 g/mol. The number of piperidine rings is 1. The first-order chi connectivity index (χ1) is 11.1. The van der Waals surface area contributed by atoms with Crippen LogP contribution < -0.4 is 4.90 Å². The summed E-state index contributed by atoms with van der Waals surface area (Å²) in [6.45, 7) is 4.99. The summed E-state index contributed by atoms with van der Waals surface area (Å²) in [5.74, 6) is -0.0608. The van der Waals surface area contributed by atoms with Crippen LogP contribution in [-0.2, 0) is 4.79 Å². The van der Waals surface area contributed by atoms with Gasteiger partial charge in [-0.15, -0.1) is 0 Å². The third-order valence-electron chi connectivity index (χ3n) is 4.74. The smallest absolute Gasteiger partial charge is 0.236 e. The van der Waals surface area contributed by atoms with Crippen molar-refractivity contribution in [3.63, 3.8) is 0 Å². The topological polar surface area (TPSA) is 47.0 Å². The molecule has 0 atom stereocenters. The van der Waals surface area contributed by atoms with E-state index in [1.165, 1.54) is 12.1 Å². The van der Waals surface area contributed by atoms with Crippen molar-refractivity contribution >= 4 is 11.6 Å². The summed E-state index contributed by atoms with van der Waals surface area (Å²) in [6, 6.07) is 6.51. The lowest BCUT2D eigenvalue weighted by molar-refractivity contribution is -0.133. The molecule has 0 aliphatic carbocycles. The van der Waals surface area contributed by atoms with E-state index in [0.717, 1.165) is 44.7 Å². The molecule has 2 aliphatic rings. The van der Waals surface area contributed by atoms with Gasteiger partial charge in [-0.05, 0) is 37.1 Å². The minimum atomic E-state index is -0.228. The molecule has 2 fully saturated rings. The SMILES string of the molecule is O=C(CN1CCC(O)CC1)N1CCN(c2ccc(F)cc2)CC1. The van der Waals surface area contributed by atoms with Crippen LogP contribution in [0.5, 0.6) is 0 Å². The van der Waals surface area contributed by atoms with Crippen molar-refractivity contribution in [2.75, 3.05) is 50.7 Å². The highest BCUT2D eigenvalue weighted by molar-refractivity contribution is 5.78. The highest BCUT2D eigenvalue weighted by Crippen LogP contribution is 2.17. The van der Waals surface area contributed by atoms with E-state index in [-0.39, 0.29) is 17.8 Å². The van der Waals surface area contributed by atoms with Crippen LogP contribution in [0.1, 0.15) is 12.8 Å². The fourth-order valence-electron chi connectivity index (χ4n) is 3.23. The van der Waals surface area contributed by atoms with Gasteiger partial charge in [-0.2, -0.15) is 0 Å². The number of piperazine rings is 1. The van der Waals surface area contributed by atoms with Crippen molar-refractivity contribution in [2.24, 2.45) is 0 Å². The molecule has 0 bridgehead atoms. The summed E-state index contributed by atoms with van der Waals surface area (Å²) in [7, 11) is 0. The molecule has 0 saturated carbocycles. The lowest BCUT2D eigenvalue weighted by Crippen LogP contribution is -2.52. The van der Waals surface area contributed by atoms with E-state index in [0.29, 0.717) is 19.6 Å². The summed E-state index contributed by atoms with van der Waals surface area (Å²) >= 11 is 0. The van der Waals surface area contributed by atoms with Crippen molar-refractivity contribution < 1.29 is 14.3 Å². The lowest BCUT2D eigenvalue weighted by atomic mass is 10.1. The Bertz CT molecular complexity index is 521. The van der Waals surface area contributed by atoms with Crippen molar-refractivity contribution in [2.45, 2.75) is 18.9 Å². The van der Waals surface area contributed by atoms with Crippen LogP contribution in [0, 0.1) is 5.82 Å². The van der Waals surface area contributed by atoms with Gasteiger partial charge in [-0.3, -0.25) is 9.69 Å². The fraction of sp³-hybridized carbons (Fsp3) is 0.588. The molecule has 126 valence electrons. The molecule has 2 aliphatic heterocycles. The normalized spacial score (nSPS) is 20.8. The van der Waals surface area contributed by atoms with E-state index in [1.54, 1.807) is 12.1 Å². The summed E-state index contributed by atoms with van der Waals surface area (Å²) in [4.78, 5) is 18.6. The molecular formula is C17H24FN3O2. The number of carbonyl (C=O) groups excluding carboxylic acids is 1. The van der Waals surface area contributed by atoms with E-state index in [4.69, 9.17) is 0 Å². The van der Waals surface area contributed by atoms with Gasteiger partial charge >= 0.3 is 0 Å². The molecule has 5 nitrogen and oxygen atoms in total. The Balaban J connectivity index is 1.46. The zero-order valence-corrected chi connectivity index (χ0v) is 13.3. The van der Waals surface area contributed by atoms with Gasteiger partial charge in [0, 0.05) is 45.0 Å². The number of halogens is 1. The predicted molar refractivity (Wildman–Crippen MR) is 86.9 cm³/mol. The van der Waals surface area contributed by atoms with Crippen LogP contribution in [0.4, 0.5) is 10.1 Å². The Labute approximate surface area is 136 Å². The van der Waals surface area contributed by atoms with E-state index >= 15 is 0 Å². The summed E-state index contributed by atoms with van der Waals surface area (Å²) < 4.78 is 13.0. The molecule has 1 aromatic carbocycles. The van der Waals surface area contributed by atoms with Gasteiger partial charge in [0.1, 0.15) is 5.82 Å². The van der Waals surface area contributed by atoms with Crippen molar-refractivity contribution in [1.29, 1.82) is 0 Å². The van der Waals surface area contributed by atoms with E-state index in [9.17, 15) is 14.3 Å². The molecular weight excluding hydrogens is 297 g/mol. The maximum absolute atomic E-state index is 13.0. The minimum Gasteiger partial charge on any atom is -0.393 e. The highest BCUT2D eigenvalue weighted by Gasteiger charge is 2.24. The second-order valence-corrected chi connectivity index (χ2v) is 6.35. The molecule has 1 N–H and O–H groups in total. The Morgan fingerprint density at radius 3 is 2.26 bits per heavy atom. The van der Waals surface area contributed by atoms with Crippen molar-refractivity contribution in [3.05, 3.63) is 30.1 Å². The number of hydrogen-bond donors (Lipinski definition) is 1. The number of rotatable bonds is 3. The maximum Gasteiger partial charge on any atom is 0.236 e. The largest absolute Gasteiger partial charge is 0.393 e. The fourth-order valence-corrected chi connectivity index (χ4v) is 3.23. The number of aliphatic hydroxyl groups excluding tert-OH is 1. The van der Waals surface area contributed by atoms with Crippen LogP contribution in [0.3, 0.4) is 0 Å². The molecule has 0 aromatic heterocycles. The van der Waals surface area contributed by atoms with Crippen LogP contribution in [0.15, 0.2) is 24.3 Å². The van der Waals surface area contributed by atoms with Crippen molar-refractivity contribution in [1.82, 2.24) is 9.80 Å². The first-order valence-electron chi connectivity index (χ1n) is 8.30. The number of aliphatic hydroxyl groups is 1. The summed E-state index contributed by atoms with van der Waals surface area (Å²) in [6.07, 6.45) is 1.30. The van der Waals surface area contributed by atoms with E-state index in [2.05, 4.69) is 9.80 Å². The lowest BCUT2D eigenvalue weighted by Gasteiger charge is -2.37. The summed E-state index contributed by atoms with van der Waals surface area (Å²) in [5, 5.41) is 9.51. The van der Waals surface area contributed by atoms with Gasteiger partial charge in [0.25, 0.3) is 0 Å². The number of amides is 1. The maximum atomic E-state index is 13.0. The average Bonchev–Trinajstić information content (AvgIpc) is 2.58. The number of benzene rings is 1. The standard InChI is InChI=1S/C17H24FN3O2/c18-14-1-3-15(4-2-14)20-9-11-21(12-10-20)17(23)13-19-7-5-16(22)6-8-19/h1-4,16,22H,5-13H2. The van der Waals surface area contributed by atoms with Gasteiger partial charge in [0.15, 0.2) is 0 Å². The number of carbonyl (C=O) groups is 1. The number of anilines is 1. The number of nitrogens with zero attached hydrogens (tertiary/aromatic N) is 3. The first-order valence-corrected chi connectivity index (χ1v) is 8.30. The number of hydrogen-bond acceptors (Lipinski definition) is 4. The Morgan fingerprint density at radius 1 is 1.04 bits per heavy atom. The Morgan fingerprint density at radius 2 is 1.65 bits per heavy atom. The minimum absolute atomic E-state index is 0.167. The van der Waals surface area contributed by atoms with Crippen LogP contribution in [0.25, 0.3) is 0 Å². The zero-order valence-electron chi connectivity index (χ0n) is 13.3. The van der Waals surface area contributed by atoms with Crippen molar-refractivity contribution in [3.8, 4) is 0 Å².